The second-order valence-electron chi connectivity index (χ2n) is 4.39. The molecule has 0 radical (unpaired) electrons. The van der Waals surface area contributed by atoms with E-state index in [-0.39, 0.29) is 17.6 Å². The van der Waals surface area contributed by atoms with Crippen LogP contribution in [0.5, 0.6) is 5.75 Å². The van der Waals surface area contributed by atoms with Gasteiger partial charge in [-0.2, -0.15) is 0 Å². The van der Waals surface area contributed by atoms with Crippen LogP contribution in [0.2, 0.25) is 0 Å². The summed E-state index contributed by atoms with van der Waals surface area (Å²) in [5.74, 6) is -0.00230. The van der Waals surface area contributed by atoms with Crippen molar-refractivity contribution in [2.45, 2.75) is 12.5 Å². The van der Waals surface area contributed by atoms with Crippen LogP contribution in [0.3, 0.4) is 0 Å². The SMILES string of the molecule is CNC(Cc1ccc(O)cc1)c1ccc(F)c(Br)c1. The van der Waals surface area contributed by atoms with Crippen LogP contribution in [0, 0.1) is 5.82 Å². The third kappa shape index (κ3) is 3.55. The molecule has 0 fully saturated rings. The van der Waals surface area contributed by atoms with E-state index in [1.807, 2.05) is 19.2 Å². The molecule has 19 heavy (non-hydrogen) atoms. The number of benzene rings is 2. The average Bonchev–Trinajstić information content (AvgIpc) is 2.41. The summed E-state index contributed by atoms with van der Waals surface area (Å²) in [4.78, 5) is 0. The van der Waals surface area contributed by atoms with E-state index in [2.05, 4.69) is 21.2 Å². The van der Waals surface area contributed by atoms with Crippen molar-refractivity contribution in [3.8, 4) is 5.75 Å². The number of halogens is 2. The predicted octanol–water partition coefficient (Wildman–Crippen LogP) is 3.80. The Labute approximate surface area is 120 Å². The minimum Gasteiger partial charge on any atom is -0.508 e. The van der Waals surface area contributed by atoms with E-state index in [1.165, 1.54) is 6.07 Å². The van der Waals surface area contributed by atoms with Crippen LogP contribution in [0.1, 0.15) is 17.2 Å². The second-order valence-corrected chi connectivity index (χ2v) is 5.24. The molecule has 2 nitrogen and oxygen atoms in total. The number of phenolic OH excluding ortho intramolecular Hbond substituents is 1. The lowest BCUT2D eigenvalue weighted by molar-refractivity contribution is 0.475. The molecule has 0 aromatic heterocycles. The topological polar surface area (TPSA) is 32.3 Å². The van der Waals surface area contributed by atoms with E-state index in [4.69, 9.17) is 0 Å². The van der Waals surface area contributed by atoms with Crippen molar-refractivity contribution in [1.82, 2.24) is 5.32 Å². The smallest absolute Gasteiger partial charge is 0.137 e. The van der Waals surface area contributed by atoms with Crippen molar-refractivity contribution in [3.63, 3.8) is 0 Å². The normalized spacial score (nSPS) is 12.4. The van der Waals surface area contributed by atoms with Gasteiger partial charge in [0.15, 0.2) is 0 Å². The lowest BCUT2D eigenvalue weighted by atomic mass is 9.99. The molecule has 0 spiro atoms. The Kier molecular flexibility index (Phi) is 4.56. The Balaban J connectivity index is 2.19. The average molecular weight is 324 g/mol. The first kappa shape index (κ1) is 14.0. The number of aromatic hydroxyl groups is 1. The highest BCUT2D eigenvalue weighted by Gasteiger charge is 2.12. The van der Waals surface area contributed by atoms with Crippen LogP contribution in [0.15, 0.2) is 46.9 Å². The van der Waals surface area contributed by atoms with Gasteiger partial charge in [-0.25, -0.2) is 4.39 Å². The van der Waals surface area contributed by atoms with Crippen molar-refractivity contribution in [2.75, 3.05) is 7.05 Å². The zero-order valence-electron chi connectivity index (χ0n) is 10.5. The fourth-order valence-corrected chi connectivity index (χ4v) is 2.38. The maximum atomic E-state index is 13.2. The van der Waals surface area contributed by atoms with Crippen LogP contribution in [-0.2, 0) is 6.42 Å². The summed E-state index contributed by atoms with van der Waals surface area (Å²) >= 11 is 3.20. The van der Waals surface area contributed by atoms with Gasteiger partial charge >= 0.3 is 0 Å². The van der Waals surface area contributed by atoms with Gasteiger partial charge in [0, 0.05) is 6.04 Å². The summed E-state index contributed by atoms with van der Waals surface area (Å²) in [6.45, 7) is 0. The van der Waals surface area contributed by atoms with Crippen molar-refractivity contribution < 1.29 is 9.50 Å². The molecule has 1 unspecified atom stereocenters. The van der Waals surface area contributed by atoms with Crippen LogP contribution in [0.4, 0.5) is 4.39 Å². The number of phenols is 1. The lowest BCUT2D eigenvalue weighted by Gasteiger charge is -2.17. The fourth-order valence-electron chi connectivity index (χ4n) is 1.98. The summed E-state index contributed by atoms with van der Waals surface area (Å²) in [5.41, 5.74) is 2.13. The van der Waals surface area contributed by atoms with E-state index < -0.39 is 0 Å². The summed E-state index contributed by atoms with van der Waals surface area (Å²) in [7, 11) is 1.88. The molecular weight excluding hydrogens is 309 g/mol. The Bertz CT molecular complexity index is 557. The third-order valence-electron chi connectivity index (χ3n) is 3.07. The summed E-state index contributed by atoms with van der Waals surface area (Å²) in [6, 6.07) is 12.2. The first-order valence-corrected chi connectivity index (χ1v) is 6.79. The lowest BCUT2D eigenvalue weighted by Crippen LogP contribution is -2.18. The molecule has 100 valence electrons. The molecule has 2 N–H and O–H groups in total. The van der Waals surface area contributed by atoms with Gasteiger partial charge in [-0.05, 0) is 64.8 Å². The van der Waals surface area contributed by atoms with Crippen LogP contribution in [0.25, 0.3) is 0 Å². The molecule has 0 amide bonds. The van der Waals surface area contributed by atoms with Crippen LogP contribution < -0.4 is 5.32 Å². The van der Waals surface area contributed by atoms with Gasteiger partial charge in [-0.1, -0.05) is 18.2 Å². The van der Waals surface area contributed by atoms with Gasteiger partial charge in [-0.3, -0.25) is 0 Å². The van der Waals surface area contributed by atoms with Crippen molar-refractivity contribution in [1.29, 1.82) is 0 Å². The van der Waals surface area contributed by atoms with Crippen LogP contribution >= 0.6 is 15.9 Å². The molecule has 2 aromatic carbocycles. The Morgan fingerprint density at radius 3 is 2.47 bits per heavy atom. The maximum absolute atomic E-state index is 13.2. The molecule has 0 aliphatic heterocycles. The first-order chi connectivity index (χ1) is 9.10. The minimum absolute atomic E-state index is 0.0986. The van der Waals surface area contributed by atoms with Gasteiger partial charge in [0.2, 0.25) is 0 Å². The van der Waals surface area contributed by atoms with E-state index in [0.29, 0.717) is 4.47 Å². The fraction of sp³-hybridized carbons (Fsp3) is 0.200. The molecule has 0 heterocycles. The van der Waals surface area contributed by atoms with Crippen molar-refractivity contribution >= 4 is 15.9 Å². The monoisotopic (exact) mass is 323 g/mol. The highest BCUT2D eigenvalue weighted by atomic mass is 79.9. The molecule has 4 heteroatoms. The molecular formula is C15H15BrFNO. The summed E-state index contributed by atoms with van der Waals surface area (Å²) in [6.07, 6.45) is 0.773. The number of nitrogens with one attached hydrogen (secondary N) is 1. The molecule has 0 saturated carbocycles. The molecule has 0 bridgehead atoms. The maximum Gasteiger partial charge on any atom is 0.137 e. The van der Waals surface area contributed by atoms with E-state index >= 15 is 0 Å². The number of hydrogen-bond donors (Lipinski definition) is 2. The van der Waals surface area contributed by atoms with Gasteiger partial charge in [0.25, 0.3) is 0 Å². The number of hydrogen-bond acceptors (Lipinski definition) is 2. The highest BCUT2D eigenvalue weighted by Crippen LogP contribution is 2.24. The van der Waals surface area contributed by atoms with Gasteiger partial charge in [0.05, 0.1) is 4.47 Å². The minimum atomic E-state index is -0.261. The zero-order chi connectivity index (χ0) is 13.8. The van der Waals surface area contributed by atoms with Gasteiger partial charge in [0.1, 0.15) is 11.6 Å². The van der Waals surface area contributed by atoms with E-state index in [0.717, 1.165) is 17.5 Å². The zero-order valence-corrected chi connectivity index (χ0v) is 12.1. The Morgan fingerprint density at radius 2 is 1.89 bits per heavy atom. The predicted molar refractivity (Wildman–Crippen MR) is 77.7 cm³/mol. The van der Waals surface area contributed by atoms with E-state index in [9.17, 15) is 9.50 Å². The molecule has 2 rings (SSSR count). The van der Waals surface area contributed by atoms with E-state index in [1.54, 1.807) is 24.3 Å². The van der Waals surface area contributed by atoms with Crippen molar-refractivity contribution in [2.24, 2.45) is 0 Å². The molecule has 0 aliphatic rings. The first-order valence-electron chi connectivity index (χ1n) is 6.00. The quantitative estimate of drug-likeness (QED) is 0.897. The second kappa shape index (κ2) is 6.17. The number of rotatable bonds is 4. The summed E-state index contributed by atoms with van der Waals surface area (Å²) in [5, 5.41) is 12.5. The van der Waals surface area contributed by atoms with Crippen LogP contribution in [-0.4, -0.2) is 12.2 Å². The number of likely N-dealkylation sites (N-methyl/N-ethyl adjacent to an activating group) is 1. The molecule has 1 atom stereocenters. The molecule has 2 aromatic rings. The van der Waals surface area contributed by atoms with Crippen molar-refractivity contribution in [3.05, 3.63) is 63.9 Å². The van der Waals surface area contributed by atoms with Gasteiger partial charge < -0.3 is 10.4 Å². The Hall–Kier alpha value is -1.39. The third-order valence-corrected chi connectivity index (χ3v) is 3.68. The summed E-state index contributed by atoms with van der Waals surface area (Å²) < 4.78 is 13.7. The largest absolute Gasteiger partial charge is 0.508 e. The molecule has 0 aliphatic carbocycles. The van der Waals surface area contributed by atoms with Gasteiger partial charge in [-0.15, -0.1) is 0 Å². The molecule has 0 saturated heterocycles. The standard InChI is InChI=1S/C15H15BrFNO/c1-18-15(8-10-2-5-12(19)6-3-10)11-4-7-14(17)13(16)9-11/h2-7,9,15,18-19H,8H2,1H3. The highest BCUT2D eigenvalue weighted by molar-refractivity contribution is 9.10. The Morgan fingerprint density at radius 1 is 1.21 bits per heavy atom.